The summed E-state index contributed by atoms with van der Waals surface area (Å²) in [5.74, 6) is 8.74. The second-order valence-electron chi connectivity index (χ2n) is 4.72. The zero-order chi connectivity index (χ0) is 12.4. The second-order valence-corrected chi connectivity index (χ2v) is 4.72. The van der Waals surface area contributed by atoms with Crippen molar-refractivity contribution in [3.05, 3.63) is 11.4 Å². The molecule has 1 heterocycles. The summed E-state index contributed by atoms with van der Waals surface area (Å²) in [6.07, 6.45) is 3.50. The second kappa shape index (κ2) is 4.87. The fourth-order valence-corrected chi connectivity index (χ4v) is 2.00. The zero-order valence-corrected chi connectivity index (χ0v) is 10.8. The number of aromatic nitrogens is 2. The molecule has 3 N–H and O–H groups in total. The lowest BCUT2D eigenvalue weighted by Crippen LogP contribution is -2.23. The lowest BCUT2D eigenvalue weighted by molar-refractivity contribution is 0.812. The van der Waals surface area contributed by atoms with Crippen molar-refractivity contribution in [3.63, 3.8) is 0 Å². The van der Waals surface area contributed by atoms with Crippen molar-refractivity contribution in [1.29, 1.82) is 0 Å². The van der Waals surface area contributed by atoms with Crippen LogP contribution in [0.25, 0.3) is 0 Å². The lowest BCUT2D eigenvalue weighted by atomic mass is 10.2. The van der Waals surface area contributed by atoms with Crippen LogP contribution in [0.4, 0.5) is 11.6 Å². The molecule has 0 spiro atoms. The Bertz CT molecular complexity index is 400. The summed E-state index contributed by atoms with van der Waals surface area (Å²) in [6, 6.07) is 0. The monoisotopic (exact) mass is 235 g/mol. The third-order valence-electron chi connectivity index (χ3n) is 3.14. The van der Waals surface area contributed by atoms with Crippen LogP contribution in [0.2, 0.25) is 0 Å². The van der Waals surface area contributed by atoms with E-state index in [1.54, 1.807) is 0 Å². The van der Waals surface area contributed by atoms with Gasteiger partial charge in [0.05, 0.1) is 0 Å². The van der Waals surface area contributed by atoms with Gasteiger partial charge in [0.25, 0.3) is 0 Å². The van der Waals surface area contributed by atoms with Crippen LogP contribution >= 0.6 is 0 Å². The smallest absolute Gasteiger partial charge is 0.148 e. The molecular weight excluding hydrogens is 214 g/mol. The Morgan fingerprint density at radius 2 is 2.12 bits per heavy atom. The number of nitrogens with zero attached hydrogens (tertiary/aromatic N) is 3. The molecule has 1 aromatic heterocycles. The van der Waals surface area contributed by atoms with Crippen LogP contribution in [-0.4, -0.2) is 23.6 Å². The van der Waals surface area contributed by atoms with E-state index < -0.39 is 0 Å². The zero-order valence-electron chi connectivity index (χ0n) is 10.8. The van der Waals surface area contributed by atoms with Crippen molar-refractivity contribution in [3.8, 4) is 0 Å². The molecule has 5 nitrogen and oxygen atoms in total. The van der Waals surface area contributed by atoms with E-state index in [1.807, 2.05) is 6.92 Å². The SMILES string of the molecule is CCCN(C)c1nc(C2CC2)nc(NN)c1C. The van der Waals surface area contributed by atoms with Crippen LogP contribution in [-0.2, 0) is 0 Å². The van der Waals surface area contributed by atoms with Crippen LogP contribution in [0.5, 0.6) is 0 Å². The fourth-order valence-electron chi connectivity index (χ4n) is 2.00. The van der Waals surface area contributed by atoms with Crippen molar-refractivity contribution in [2.75, 3.05) is 23.9 Å². The number of nitrogens with one attached hydrogen (secondary N) is 1. The summed E-state index contributed by atoms with van der Waals surface area (Å²) < 4.78 is 0. The van der Waals surface area contributed by atoms with Gasteiger partial charge in [-0.25, -0.2) is 15.8 Å². The number of rotatable bonds is 5. The van der Waals surface area contributed by atoms with Crippen LogP contribution in [0.15, 0.2) is 0 Å². The Hall–Kier alpha value is -1.36. The summed E-state index contributed by atoms with van der Waals surface area (Å²) in [5.41, 5.74) is 3.70. The molecule has 0 aliphatic heterocycles. The molecule has 0 radical (unpaired) electrons. The lowest BCUT2D eigenvalue weighted by Gasteiger charge is -2.21. The topological polar surface area (TPSA) is 67.1 Å². The number of anilines is 2. The minimum Gasteiger partial charge on any atom is -0.359 e. The van der Waals surface area contributed by atoms with Gasteiger partial charge in [0.1, 0.15) is 17.5 Å². The van der Waals surface area contributed by atoms with E-state index in [2.05, 4.69) is 34.3 Å². The largest absolute Gasteiger partial charge is 0.359 e. The Kier molecular flexibility index (Phi) is 3.47. The van der Waals surface area contributed by atoms with E-state index in [9.17, 15) is 0 Å². The molecular formula is C12H21N5. The van der Waals surface area contributed by atoms with Gasteiger partial charge in [0.2, 0.25) is 0 Å². The highest BCUT2D eigenvalue weighted by Crippen LogP contribution is 2.39. The molecule has 1 aliphatic carbocycles. The van der Waals surface area contributed by atoms with E-state index in [4.69, 9.17) is 5.84 Å². The first-order valence-corrected chi connectivity index (χ1v) is 6.23. The number of nitrogen functional groups attached to an aromatic ring is 1. The first-order chi connectivity index (χ1) is 8.17. The minimum absolute atomic E-state index is 0.538. The molecule has 0 amide bonds. The molecule has 17 heavy (non-hydrogen) atoms. The van der Waals surface area contributed by atoms with Crippen molar-refractivity contribution < 1.29 is 0 Å². The van der Waals surface area contributed by atoms with Crippen molar-refractivity contribution in [1.82, 2.24) is 9.97 Å². The molecule has 94 valence electrons. The van der Waals surface area contributed by atoms with E-state index >= 15 is 0 Å². The molecule has 1 fully saturated rings. The molecule has 1 aliphatic rings. The maximum Gasteiger partial charge on any atom is 0.148 e. The van der Waals surface area contributed by atoms with Crippen LogP contribution in [0.1, 0.15) is 43.5 Å². The summed E-state index contributed by atoms with van der Waals surface area (Å²) in [6.45, 7) is 5.16. The van der Waals surface area contributed by atoms with Gasteiger partial charge in [-0.3, -0.25) is 0 Å². The molecule has 1 aromatic rings. The van der Waals surface area contributed by atoms with Gasteiger partial charge in [-0.2, -0.15) is 0 Å². The van der Waals surface area contributed by atoms with Crippen molar-refractivity contribution >= 4 is 11.6 Å². The molecule has 2 rings (SSSR count). The Labute approximate surface area is 102 Å². The Balaban J connectivity index is 2.37. The molecule has 0 saturated heterocycles. The van der Waals surface area contributed by atoms with E-state index in [0.717, 1.165) is 36.0 Å². The Morgan fingerprint density at radius 1 is 1.41 bits per heavy atom. The first kappa shape index (κ1) is 12.1. The molecule has 0 aromatic carbocycles. The third kappa shape index (κ3) is 2.49. The maximum absolute atomic E-state index is 5.52. The average Bonchev–Trinajstić information content (AvgIpc) is 3.13. The number of nitrogens with two attached hydrogens (primary N) is 1. The minimum atomic E-state index is 0.538. The van der Waals surface area contributed by atoms with E-state index in [0.29, 0.717) is 5.92 Å². The number of hydrogen-bond acceptors (Lipinski definition) is 5. The average molecular weight is 235 g/mol. The van der Waals surface area contributed by atoms with Gasteiger partial charge in [0, 0.05) is 25.1 Å². The number of hydrazine groups is 1. The van der Waals surface area contributed by atoms with Gasteiger partial charge in [0.15, 0.2) is 0 Å². The van der Waals surface area contributed by atoms with Crippen LogP contribution < -0.4 is 16.2 Å². The van der Waals surface area contributed by atoms with Gasteiger partial charge in [-0.05, 0) is 26.2 Å². The third-order valence-corrected chi connectivity index (χ3v) is 3.14. The predicted molar refractivity (Wildman–Crippen MR) is 70.1 cm³/mol. The summed E-state index contributed by atoms with van der Waals surface area (Å²) in [4.78, 5) is 11.3. The number of hydrogen-bond donors (Lipinski definition) is 2. The van der Waals surface area contributed by atoms with Gasteiger partial charge >= 0.3 is 0 Å². The first-order valence-electron chi connectivity index (χ1n) is 6.23. The van der Waals surface area contributed by atoms with Crippen molar-refractivity contribution in [2.24, 2.45) is 5.84 Å². The van der Waals surface area contributed by atoms with Crippen molar-refractivity contribution in [2.45, 2.75) is 39.0 Å². The van der Waals surface area contributed by atoms with Crippen LogP contribution in [0, 0.1) is 6.92 Å². The summed E-state index contributed by atoms with van der Waals surface area (Å²) in [5, 5.41) is 0. The molecule has 0 atom stereocenters. The van der Waals surface area contributed by atoms with E-state index in [1.165, 1.54) is 12.8 Å². The summed E-state index contributed by atoms with van der Waals surface area (Å²) in [7, 11) is 2.07. The molecule has 0 bridgehead atoms. The standard InChI is InChI=1S/C12H21N5/c1-4-7-17(3)12-8(2)10(16-13)14-11(15-12)9-5-6-9/h9H,4-7,13H2,1-3H3,(H,14,15,16). The molecule has 0 unspecified atom stereocenters. The Morgan fingerprint density at radius 3 is 2.65 bits per heavy atom. The highest BCUT2D eigenvalue weighted by Gasteiger charge is 2.28. The predicted octanol–water partition coefficient (Wildman–Crippen LogP) is 1.79. The van der Waals surface area contributed by atoms with E-state index in [-0.39, 0.29) is 0 Å². The maximum atomic E-state index is 5.52. The normalized spacial score (nSPS) is 14.8. The summed E-state index contributed by atoms with van der Waals surface area (Å²) >= 11 is 0. The van der Waals surface area contributed by atoms with Gasteiger partial charge in [-0.15, -0.1) is 0 Å². The van der Waals surface area contributed by atoms with Gasteiger partial charge in [-0.1, -0.05) is 6.92 Å². The molecule has 1 saturated carbocycles. The highest BCUT2D eigenvalue weighted by molar-refractivity contribution is 5.58. The molecule has 5 heteroatoms. The van der Waals surface area contributed by atoms with Crippen LogP contribution in [0.3, 0.4) is 0 Å². The highest BCUT2D eigenvalue weighted by atomic mass is 15.3. The fraction of sp³-hybridized carbons (Fsp3) is 0.667. The van der Waals surface area contributed by atoms with Gasteiger partial charge < -0.3 is 10.3 Å². The quantitative estimate of drug-likeness (QED) is 0.601.